The number of ether oxygens (including phenoxy) is 1. The highest BCUT2D eigenvalue weighted by Crippen LogP contribution is 2.63. The van der Waals surface area contributed by atoms with Crippen molar-refractivity contribution in [2.75, 3.05) is 6.61 Å². The van der Waals surface area contributed by atoms with E-state index in [4.69, 9.17) is 4.74 Å². The molecule has 0 heterocycles. The second kappa shape index (κ2) is 5.12. The highest BCUT2D eigenvalue weighted by Gasteiger charge is 2.61. The molecule has 0 N–H and O–H groups in total. The fourth-order valence-electron chi connectivity index (χ4n) is 3.20. The molecule has 9 heteroatoms. The van der Waals surface area contributed by atoms with Crippen molar-refractivity contribution >= 4 is 16.1 Å². The lowest BCUT2D eigenvalue weighted by Crippen LogP contribution is -2.28. The lowest BCUT2D eigenvalue weighted by atomic mass is 10.0. The molecule has 5 nitrogen and oxygen atoms in total. The molecule has 0 aliphatic heterocycles. The smallest absolute Gasteiger partial charge is 0.466 e. The molecule has 0 bridgehead atoms. The number of fused-ring (bicyclic) bond motifs is 3. The number of esters is 1. The fourth-order valence-corrected chi connectivity index (χ4v) is 3.69. The molecule has 3 atom stereocenters. The molecule has 3 rings (SSSR count). The Bertz CT molecular complexity index is 756. The van der Waals surface area contributed by atoms with E-state index in [1.807, 2.05) is 0 Å². The lowest BCUT2D eigenvalue weighted by molar-refractivity contribution is -0.145. The summed E-state index contributed by atoms with van der Waals surface area (Å²) in [6, 6.07) is 4.28. The van der Waals surface area contributed by atoms with Crippen LogP contribution in [0.4, 0.5) is 13.2 Å². The molecule has 2 aliphatic carbocycles. The third-order valence-electron chi connectivity index (χ3n) is 4.18. The van der Waals surface area contributed by atoms with Gasteiger partial charge in [0.05, 0.1) is 12.5 Å². The first-order valence-corrected chi connectivity index (χ1v) is 8.37. The third kappa shape index (κ3) is 2.56. The minimum Gasteiger partial charge on any atom is -0.466 e. The van der Waals surface area contributed by atoms with Crippen molar-refractivity contribution in [2.24, 2.45) is 11.8 Å². The van der Waals surface area contributed by atoms with Crippen molar-refractivity contribution in [1.29, 1.82) is 0 Å². The van der Waals surface area contributed by atoms with Gasteiger partial charge in [0.2, 0.25) is 0 Å². The quantitative estimate of drug-likeness (QED) is 0.474. The number of carbonyl (C=O) groups excluding carboxylic acids is 1. The SMILES string of the molecule is CCOC(=O)[C@H]1[C@@H]2Cc3c(OS(=O)(=O)C(F)(F)F)cccc3[C@@H]21. The number of halogens is 3. The molecule has 126 valence electrons. The van der Waals surface area contributed by atoms with Crippen LogP contribution >= 0.6 is 0 Å². The van der Waals surface area contributed by atoms with E-state index in [-0.39, 0.29) is 36.1 Å². The second-order valence-corrected chi connectivity index (χ2v) is 7.02. The van der Waals surface area contributed by atoms with Crippen LogP contribution in [-0.4, -0.2) is 26.5 Å². The Balaban J connectivity index is 1.85. The van der Waals surface area contributed by atoms with Crippen LogP contribution in [0.2, 0.25) is 0 Å². The Labute approximate surface area is 130 Å². The Morgan fingerprint density at radius 2 is 2.04 bits per heavy atom. The highest BCUT2D eigenvalue weighted by molar-refractivity contribution is 7.88. The molecule has 1 fully saturated rings. The maximum Gasteiger partial charge on any atom is 0.534 e. The largest absolute Gasteiger partial charge is 0.534 e. The van der Waals surface area contributed by atoms with E-state index >= 15 is 0 Å². The van der Waals surface area contributed by atoms with E-state index in [0.717, 1.165) is 0 Å². The van der Waals surface area contributed by atoms with Crippen LogP contribution in [0.5, 0.6) is 5.75 Å². The summed E-state index contributed by atoms with van der Waals surface area (Å²) >= 11 is 0. The van der Waals surface area contributed by atoms with Crippen LogP contribution in [0.3, 0.4) is 0 Å². The van der Waals surface area contributed by atoms with E-state index in [1.54, 1.807) is 13.0 Å². The molecular weight excluding hydrogens is 337 g/mol. The summed E-state index contributed by atoms with van der Waals surface area (Å²) < 4.78 is 68.8. The number of carbonyl (C=O) groups is 1. The zero-order chi connectivity index (χ0) is 17.0. The van der Waals surface area contributed by atoms with Gasteiger partial charge in [0.1, 0.15) is 5.75 Å². The van der Waals surface area contributed by atoms with Gasteiger partial charge in [-0.1, -0.05) is 12.1 Å². The van der Waals surface area contributed by atoms with Crippen LogP contribution in [-0.2, 0) is 26.1 Å². The first-order valence-electron chi connectivity index (χ1n) is 6.96. The van der Waals surface area contributed by atoms with Crippen molar-refractivity contribution in [2.45, 2.75) is 24.8 Å². The van der Waals surface area contributed by atoms with Gasteiger partial charge in [-0.3, -0.25) is 4.79 Å². The lowest BCUT2D eigenvalue weighted by Gasteiger charge is -2.14. The number of alkyl halides is 3. The molecule has 1 saturated carbocycles. The predicted octanol–water partition coefficient (Wildman–Crippen LogP) is 2.36. The number of hydrogen-bond donors (Lipinski definition) is 0. The van der Waals surface area contributed by atoms with Gasteiger partial charge in [-0.05, 0) is 36.5 Å². The van der Waals surface area contributed by atoms with E-state index in [9.17, 15) is 26.4 Å². The molecule has 0 amide bonds. The van der Waals surface area contributed by atoms with Crippen molar-refractivity contribution in [1.82, 2.24) is 0 Å². The minimum absolute atomic E-state index is 0.0672. The Kier molecular flexibility index (Phi) is 3.58. The van der Waals surface area contributed by atoms with E-state index in [0.29, 0.717) is 17.5 Å². The van der Waals surface area contributed by atoms with Crippen molar-refractivity contribution in [3.63, 3.8) is 0 Å². The summed E-state index contributed by atoms with van der Waals surface area (Å²) in [5.74, 6) is -1.17. The average molecular weight is 350 g/mol. The minimum atomic E-state index is -5.71. The fraction of sp³-hybridized carbons (Fsp3) is 0.500. The standard InChI is InChI=1S/C14H13F3O5S/c1-2-21-13(18)12-9-6-8-7(11(9)12)4-3-5-10(8)22-23(19,20)14(15,16)17/h3-5,9,11-12H,2,6H2,1H3/t9-,11+,12+/m1/s1. The maximum absolute atomic E-state index is 12.4. The van der Waals surface area contributed by atoms with Crippen molar-refractivity contribution < 1.29 is 35.3 Å². The molecule has 0 spiro atoms. The molecule has 0 aromatic heterocycles. The number of benzene rings is 1. The summed E-state index contributed by atoms with van der Waals surface area (Å²) in [5, 5.41) is 0. The van der Waals surface area contributed by atoms with E-state index < -0.39 is 15.6 Å². The Hall–Kier alpha value is -1.77. The molecule has 1 aromatic rings. The van der Waals surface area contributed by atoms with Gasteiger partial charge in [0.15, 0.2) is 0 Å². The summed E-state index contributed by atoms with van der Waals surface area (Å²) in [4.78, 5) is 11.8. The first kappa shape index (κ1) is 16.1. The van der Waals surface area contributed by atoms with Crippen LogP contribution < -0.4 is 4.18 Å². The van der Waals surface area contributed by atoms with Gasteiger partial charge in [-0.2, -0.15) is 21.6 Å². The van der Waals surface area contributed by atoms with Gasteiger partial charge >= 0.3 is 21.6 Å². The third-order valence-corrected chi connectivity index (χ3v) is 5.14. The highest BCUT2D eigenvalue weighted by atomic mass is 32.2. The summed E-state index contributed by atoms with van der Waals surface area (Å²) in [6.07, 6.45) is 0.299. The van der Waals surface area contributed by atoms with Crippen molar-refractivity contribution in [3.8, 4) is 5.75 Å². The monoisotopic (exact) mass is 350 g/mol. The van der Waals surface area contributed by atoms with Gasteiger partial charge in [0, 0.05) is 5.92 Å². The van der Waals surface area contributed by atoms with Gasteiger partial charge < -0.3 is 8.92 Å². The van der Waals surface area contributed by atoms with E-state index in [2.05, 4.69) is 4.18 Å². The van der Waals surface area contributed by atoms with Crippen LogP contribution in [0.25, 0.3) is 0 Å². The zero-order valence-corrected chi connectivity index (χ0v) is 12.8. The van der Waals surface area contributed by atoms with Gasteiger partial charge in [-0.25, -0.2) is 0 Å². The van der Waals surface area contributed by atoms with Crippen LogP contribution in [0.1, 0.15) is 24.0 Å². The normalized spacial score (nSPS) is 25.5. The summed E-state index contributed by atoms with van der Waals surface area (Å²) in [6.45, 7) is 1.95. The Morgan fingerprint density at radius 3 is 2.65 bits per heavy atom. The van der Waals surface area contributed by atoms with Crippen molar-refractivity contribution in [3.05, 3.63) is 29.3 Å². The summed E-state index contributed by atoms with van der Waals surface area (Å²) in [7, 11) is -5.71. The molecule has 1 aromatic carbocycles. The van der Waals surface area contributed by atoms with Crippen LogP contribution in [0.15, 0.2) is 18.2 Å². The molecule has 0 radical (unpaired) electrons. The second-order valence-electron chi connectivity index (χ2n) is 5.48. The molecule has 23 heavy (non-hydrogen) atoms. The summed E-state index contributed by atoms with van der Waals surface area (Å²) in [5.41, 5.74) is -4.41. The molecule has 2 aliphatic rings. The van der Waals surface area contributed by atoms with Gasteiger partial charge in [0.25, 0.3) is 0 Å². The molecular formula is C14H13F3O5S. The molecule has 0 saturated heterocycles. The zero-order valence-electron chi connectivity index (χ0n) is 12.0. The number of rotatable bonds is 4. The number of hydrogen-bond acceptors (Lipinski definition) is 5. The van der Waals surface area contributed by atoms with E-state index in [1.165, 1.54) is 12.1 Å². The Morgan fingerprint density at radius 1 is 1.35 bits per heavy atom. The molecule has 0 unspecified atom stereocenters. The first-order chi connectivity index (χ1) is 10.7. The van der Waals surface area contributed by atoms with Gasteiger partial charge in [-0.15, -0.1) is 0 Å². The van der Waals surface area contributed by atoms with Crippen LogP contribution in [0, 0.1) is 11.8 Å². The topological polar surface area (TPSA) is 69.7 Å². The predicted molar refractivity (Wildman–Crippen MR) is 72.1 cm³/mol. The average Bonchev–Trinajstić information content (AvgIpc) is 3.02. The maximum atomic E-state index is 12.4.